The van der Waals surface area contributed by atoms with Crippen molar-refractivity contribution in [1.29, 1.82) is 0 Å². The SMILES string of the molecule is C[C@H](CO)N1C[C@H](C)[C@@H](CN(C)S(C)(=O)=O)Oc2c(NC(=O)c3ccc(-c4nccs4)cc3)cccc2C1=O. The number of nitrogens with zero attached hydrogens (tertiary/aromatic N) is 3. The van der Waals surface area contributed by atoms with Crippen LogP contribution in [-0.4, -0.2) is 84.7 Å². The lowest BCUT2D eigenvalue weighted by Gasteiger charge is -2.38. The second-order valence-electron chi connectivity index (χ2n) is 9.72. The Balaban J connectivity index is 1.69. The lowest BCUT2D eigenvalue weighted by molar-refractivity contribution is 0.0389. The summed E-state index contributed by atoms with van der Waals surface area (Å²) in [6.45, 7) is 3.66. The maximum Gasteiger partial charge on any atom is 0.258 e. The number of aliphatic hydroxyl groups excluding tert-OH is 1. The first-order valence-electron chi connectivity index (χ1n) is 12.4. The van der Waals surface area contributed by atoms with E-state index in [1.54, 1.807) is 48.4 Å². The van der Waals surface area contributed by atoms with Gasteiger partial charge in [-0.15, -0.1) is 11.3 Å². The maximum atomic E-state index is 13.6. The third kappa shape index (κ3) is 6.47. The van der Waals surface area contributed by atoms with Gasteiger partial charge in [-0.1, -0.05) is 25.1 Å². The van der Waals surface area contributed by atoms with Crippen LogP contribution in [0.2, 0.25) is 0 Å². The number of fused-ring (bicyclic) bond motifs is 1. The van der Waals surface area contributed by atoms with Gasteiger partial charge in [-0.25, -0.2) is 17.7 Å². The predicted molar refractivity (Wildman–Crippen MR) is 151 cm³/mol. The number of aliphatic hydroxyl groups is 1. The monoisotopic (exact) mass is 572 g/mol. The Hall–Kier alpha value is -3.32. The molecule has 208 valence electrons. The number of amides is 2. The predicted octanol–water partition coefficient (Wildman–Crippen LogP) is 3.17. The highest BCUT2D eigenvalue weighted by Crippen LogP contribution is 2.35. The molecule has 1 aliphatic rings. The number of hydrogen-bond acceptors (Lipinski definition) is 8. The average molecular weight is 573 g/mol. The Labute approximate surface area is 232 Å². The number of rotatable bonds is 8. The van der Waals surface area contributed by atoms with Crippen LogP contribution in [0.5, 0.6) is 5.75 Å². The Kier molecular flexibility index (Phi) is 8.70. The number of anilines is 1. The standard InChI is InChI=1S/C27H32N4O6S2/c1-17-14-31(18(2)16-32)27(34)21-6-5-7-22(24(21)37-23(17)15-30(3)39(4,35)36)29-25(33)19-8-10-20(11-9-19)26-28-12-13-38-26/h5-13,17-18,23,32H,14-16H2,1-4H3,(H,29,33)/t17-,18+,23+/m0/s1. The number of aromatic nitrogens is 1. The van der Waals surface area contributed by atoms with E-state index < -0.39 is 28.1 Å². The van der Waals surface area contributed by atoms with Crippen molar-refractivity contribution in [2.45, 2.75) is 26.0 Å². The van der Waals surface area contributed by atoms with Gasteiger partial charge in [0.2, 0.25) is 10.0 Å². The number of sulfonamides is 1. The molecule has 1 aliphatic heterocycles. The van der Waals surface area contributed by atoms with Crippen molar-refractivity contribution in [3.63, 3.8) is 0 Å². The minimum absolute atomic E-state index is 0.0372. The van der Waals surface area contributed by atoms with Crippen LogP contribution in [0, 0.1) is 5.92 Å². The zero-order chi connectivity index (χ0) is 28.3. The number of carbonyl (C=O) groups excluding carboxylic acids is 2. The Morgan fingerprint density at radius 3 is 2.62 bits per heavy atom. The highest BCUT2D eigenvalue weighted by Gasteiger charge is 2.35. The third-order valence-corrected chi connectivity index (χ3v) is 8.87. The van der Waals surface area contributed by atoms with Crippen LogP contribution >= 0.6 is 11.3 Å². The van der Waals surface area contributed by atoms with Crippen LogP contribution in [0.1, 0.15) is 34.6 Å². The van der Waals surface area contributed by atoms with E-state index in [-0.39, 0.29) is 48.5 Å². The van der Waals surface area contributed by atoms with E-state index in [4.69, 9.17) is 4.74 Å². The summed E-state index contributed by atoms with van der Waals surface area (Å²) < 4.78 is 31.9. The fraction of sp³-hybridized carbons (Fsp3) is 0.370. The maximum absolute atomic E-state index is 13.6. The zero-order valence-corrected chi connectivity index (χ0v) is 23.8. The summed E-state index contributed by atoms with van der Waals surface area (Å²) in [4.78, 5) is 32.6. The molecule has 10 nitrogen and oxygen atoms in total. The van der Waals surface area contributed by atoms with Gasteiger partial charge in [0.05, 0.1) is 36.7 Å². The fourth-order valence-electron chi connectivity index (χ4n) is 4.27. The van der Waals surface area contributed by atoms with Gasteiger partial charge in [-0.3, -0.25) is 9.59 Å². The molecule has 0 bridgehead atoms. The first-order chi connectivity index (χ1) is 18.5. The third-order valence-electron chi connectivity index (χ3n) is 6.77. The van der Waals surface area contributed by atoms with Gasteiger partial charge in [0.15, 0.2) is 5.75 Å². The second kappa shape index (κ2) is 11.8. The summed E-state index contributed by atoms with van der Waals surface area (Å²) in [7, 11) is -2.03. The van der Waals surface area contributed by atoms with Crippen LogP contribution in [0.15, 0.2) is 54.0 Å². The number of carbonyl (C=O) groups is 2. The number of para-hydroxylation sites is 1. The van der Waals surface area contributed by atoms with Gasteiger partial charge in [0, 0.05) is 42.2 Å². The molecular weight excluding hydrogens is 540 g/mol. The van der Waals surface area contributed by atoms with Gasteiger partial charge < -0.3 is 20.1 Å². The van der Waals surface area contributed by atoms with Crippen LogP contribution in [0.4, 0.5) is 5.69 Å². The summed E-state index contributed by atoms with van der Waals surface area (Å²) in [6, 6.07) is 11.4. The van der Waals surface area contributed by atoms with Crippen molar-refractivity contribution in [2.75, 3.05) is 38.3 Å². The van der Waals surface area contributed by atoms with E-state index in [2.05, 4.69) is 10.3 Å². The smallest absolute Gasteiger partial charge is 0.258 e. The first kappa shape index (κ1) is 28.7. The van der Waals surface area contributed by atoms with Gasteiger partial charge in [-0.05, 0) is 31.2 Å². The molecule has 0 aliphatic carbocycles. The molecule has 0 radical (unpaired) electrons. The van der Waals surface area contributed by atoms with Gasteiger partial charge in [0.1, 0.15) is 11.1 Å². The lowest BCUT2D eigenvalue weighted by Crippen LogP contribution is -2.50. The number of nitrogens with one attached hydrogen (secondary N) is 1. The highest BCUT2D eigenvalue weighted by atomic mass is 32.2. The number of thiazole rings is 1. The first-order valence-corrected chi connectivity index (χ1v) is 15.2. The number of ether oxygens (including phenoxy) is 1. The molecule has 2 aromatic carbocycles. The molecule has 0 unspecified atom stereocenters. The van der Waals surface area contributed by atoms with Crippen LogP contribution < -0.4 is 10.1 Å². The molecule has 1 aromatic heterocycles. The van der Waals surface area contributed by atoms with Gasteiger partial charge in [-0.2, -0.15) is 0 Å². The molecule has 2 heterocycles. The molecule has 2 amide bonds. The largest absolute Gasteiger partial charge is 0.486 e. The van der Waals surface area contributed by atoms with Crippen molar-refractivity contribution >= 4 is 38.9 Å². The summed E-state index contributed by atoms with van der Waals surface area (Å²) in [6.07, 6.45) is 2.19. The Morgan fingerprint density at radius 2 is 2.00 bits per heavy atom. The van der Waals surface area contributed by atoms with Crippen LogP contribution in [0.25, 0.3) is 10.6 Å². The molecule has 3 atom stereocenters. The van der Waals surface area contributed by atoms with E-state index in [0.29, 0.717) is 5.56 Å². The summed E-state index contributed by atoms with van der Waals surface area (Å²) >= 11 is 1.50. The molecule has 0 spiro atoms. The minimum atomic E-state index is -3.50. The molecular formula is C27H32N4O6S2. The van der Waals surface area contributed by atoms with Crippen molar-refractivity contribution in [3.05, 3.63) is 65.2 Å². The summed E-state index contributed by atoms with van der Waals surface area (Å²) in [5.74, 6) is -0.880. The normalized spacial score (nSPS) is 18.6. The summed E-state index contributed by atoms with van der Waals surface area (Å²) in [5.41, 5.74) is 1.80. The molecule has 2 N–H and O–H groups in total. The van der Waals surface area contributed by atoms with E-state index >= 15 is 0 Å². The van der Waals surface area contributed by atoms with Crippen LogP contribution in [0.3, 0.4) is 0 Å². The average Bonchev–Trinajstić information content (AvgIpc) is 3.45. The van der Waals surface area contributed by atoms with Crippen molar-refractivity contribution < 1.29 is 27.9 Å². The molecule has 0 saturated heterocycles. The second-order valence-corrected chi connectivity index (χ2v) is 12.7. The number of benzene rings is 2. The van der Waals surface area contributed by atoms with Crippen molar-refractivity contribution in [2.24, 2.45) is 5.92 Å². The molecule has 3 aromatic rings. The quantitative estimate of drug-likeness (QED) is 0.424. The molecule has 39 heavy (non-hydrogen) atoms. The lowest BCUT2D eigenvalue weighted by atomic mass is 9.99. The van der Waals surface area contributed by atoms with Crippen molar-refractivity contribution in [3.8, 4) is 16.3 Å². The van der Waals surface area contributed by atoms with Crippen LogP contribution in [-0.2, 0) is 10.0 Å². The zero-order valence-electron chi connectivity index (χ0n) is 22.2. The van der Waals surface area contributed by atoms with E-state index in [1.165, 1.54) is 22.7 Å². The molecule has 0 fully saturated rings. The Bertz CT molecular complexity index is 1430. The summed E-state index contributed by atoms with van der Waals surface area (Å²) in [5, 5.41) is 15.4. The fourth-order valence-corrected chi connectivity index (χ4v) is 5.34. The van der Waals surface area contributed by atoms with Gasteiger partial charge in [0.25, 0.3) is 11.8 Å². The Morgan fingerprint density at radius 1 is 1.28 bits per heavy atom. The molecule has 0 saturated carbocycles. The van der Waals surface area contributed by atoms with E-state index in [1.807, 2.05) is 24.4 Å². The molecule has 12 heteroatoms. The van der Waals surface area contributed by atoms with E-state index in [9.17, 15) is 23.1 Å². The minimum Gasteiger partial charge on any atom is -0.486 e. The highest BCUT2D eigenvalue weighted by molar-refractivity contribution is 7.88. The number of hydrogen-bond donors (Lipinski definition) is 2. The topological polar surface area (TPSA) is 129 Å². The van der Waals surface area contributed by atoms with Crippen molar-refractivity contribution in [1.82, 2.24) is 14.2 Å². The number of likely N-dealkylation sites (N-methyl/N-ethyl adjacent to an activating group) is 1. The van der Waals surface area contributed by atoms with E-state index in [0.717, 1.165) is 16.8 Å². The molecule has 4 rings (SSSR count). The van der Waals surface area contributed by atoms with Gasteiger partial charge >= 0.3 is 0 Å².